The zero-order valence-corrected chi connectivity index (χ0v) is 18.1. The molecule has 6 rings (SSSR count). The number of aromatic amines is 1. The number of carboxylic acid groups (broad SMARTS) is 1. The van der Waals surface area contributed by atoms with Crippen molar-refractivity contribution in [1.82, 2.24) is 9.88 Å². The summed E-state index contributed by atoms with van der Waals surface area (Å²) in [5.74, 6) is -1.95. The Hall–Kier alpha value is -1.97. The highest BCUT2D eigenvalue weighted by atomic mass is 32.2. The minimum absolute atomic E-state index is 0.0850. The third kappa shape index (κ3) is 2.42. The van der Waals surface area contributed by atoms with Gasteiger partial charge in [0.2, 0.25) is 11.8 Å². The van der Waals surface area contributed by atoms with Gasteiger partial charge in [0.1, 0.15) is 6.54 Å². The molecule has 2 bridgehead atoms. The lowest BCUT2D eigenvalue weighted by Gasteiger charge is -2.43. The molecule has 2 amide bonds. The number of aromatic nitrogens is 1. The van der Waals surface area contributed by atoms with Crippen LogP contribution < -0.4 is 0 Å². The number of nitrogens with one attached hydrogen (secondary N) is 1. The molecule has 30 heavy (non-hydrogen) atoms. The number of H-pyrrole nitrogens is 1. The molecule has 2 aromatic rings. The quantitative estimate of drug-likeness (QED) is 0.541. The van der Waals surface area contributed by atoms with Crippen LogP contribution in [0.25, 0.3) is 0 Å². The van der Waals surface area contributed by atoms with Gasteiger partial charge in [-0.2, -0.15) is 0 Å². The standard InChI is InChI=1S/C21H18N2O4S3/c24-11(25)7-23-19(26)14-9-6-10(15(14)20(23)27)16-13(9)12(8-4-2-1-3-5-8)17-18(29-16)22-21(28)30-17/h1-5,9-10,12-16H,6-7H2,(H,22,28)(H,24,25). The highest BCUT2D eigenvalue weighted by molar-refractivity contribution is 8.00. The first-order chi connectivity index (χ1) is 14.5. The monoisotopic (exact) mass is 458 g/mol. The van der Waals surface area contributed by atoms with Crippen molar-refractivity contribution in [1.29, 1.82) is 0 Å². The fourth-order valence-electron chi connectivity index (χ4n) is 6.40. The predicted octanol–water partition coefficient (Wildman–Crippen LogP) is 3.36. The molecular weight excluding hydrogens is 440 g/mol. The molecule has 7 unspecified atom stereocenters. The highest BCUT2D eigenvalue weighted by Crippen LogP contribution is 2.68. The first-order valence-electron chi connectivity index (χ1n) is 9.97. The van der Waals surface area contributed by atoms with Crippen LogP contribution >= 0.6 is 35.3 Å². The van der Waals surface area contributed by atoms with E-state index in [0.29, 0.717) is 0 Å². The first-order valence-corrected chi connectivity index (χ1v) is 12.1. The molecule has 4 aliphatic rings. The molecule has 6 nitrogen and oxygen atoms in total. The van der Waals surface area contributed by atoms with Crippen LogP contribution in [0, 0.1) is 33.5 Å². The van der Waals surface area contributed by atoms with Crippen molar-refractivity contribution in [2.24, 2.45) is 29.6 Å². The van der Waals surface area contributed by atoms with E-state index in [1.807, 2.05) is 18.2 Å². The number of thioether (sulfide) groups is 1. The van der Waals surface area contributed by atoms with Crippen LogP contribution in [0.3, 0.4) is 0 Å². The number of nitrogens with zero attached hydrogens (tertiary/aromatic N) is 1. The summed E-state index contributed by atoms with van der Waals surface area (Å²) >= 11 is 8.81. The van der Waals surface area contributed by atoms with E-state index in [4.69, 9.17) is 12.2 Å². The van der Waals surface area contributed by atoms with E-state index < -0.39 is 12.5 Å². The molecule has 2 aliphatic carbocycles. The van der Waals surface area contributed by atoms with Gasteiger partial charge >= 0.3 is 5.97 Å². The van der Waals surface area contributed by atoms with Crippen molar-refractivity contribution in [2.45, 2.75) is 22.6 Å². The molecule has 7 atom stereocenters. The van der Waals surface area contributed by atoms with Crippen LogP contribution in [-0.2, 0) is 14.4 Å². The summed E-state index contributed by atoms with van der Waals surface area (Å²) < 4.78 is 0.751. The van der Waals surface area contributed by atoms with Gasteiger partial charge in [-0.25, -0.2) is 0 Å². The van der Waals surface area contributed by atoms with Crippen molar-refractivity contribution in [3.05, 3.63) is 44.7 Å². The zero-order valence-electron chi connectivity index (χ0n) is 15.7. The average molecular weight is 459 g/mol. The molecular formula is C21H18N2O4S3. The zero-order chi connectivity index (χ0) is 20.7. The van der Waals surface area contributed by atoms with E-state index >= 15 is 0 Å². The summed E-state index contributed by atoms with van der Waals surface area (Å²) in [6, 6.07) is 10.3. The van der Waals surface area contributed by atoms with Gasteiger partial charge in [0.15, 0.2) is 3.95 Å². The van der Waals surface area contributed by atoms with Gasteiger partial charge < -0.3 is 10.1 Å². The summed E-state index contributed by atoms with van der Waals surface area (Å²) in [5.41, 5.74) is 1.21. The van der Waals surface area contributed by atoms with Crippen molar-refractivity contribution in [3.63, 3.8) is 0 Å². The van der Waals surface area contributed by atoms with Crippen LogP contribution in [0.5, 0.6) is 0 Å². The lowest BCUT2D eigenvalue weighted by molar-refractivity contribution is -0.149. The van der Waals surface area contributed by atoms with E-state index in [-0.39, 0.29) is 52.6 Å². The minimum Gasteiger partial charge on any atom is -0.480 e. The van der Waals surface area contributed by atoms with Gasteiger partial charge in [-0.15, -0.1) is 23.1 Å². The summed E-state index contributed by atoms with van der Waals surface area (Å²) in [4.78, 5) is 42.9. The molecule has 0 radical (unpaired) electrons. The van der Waals surface area contributed by atoms with Crippen LogP contribution in [0.2, 0.25) is 0 Å². The number of rotatable bonds is 3. The number of carbonyl (C=O) groups excluding carboxylic acids is 2. The Labute approximate surface area is 185 Å². The highest BCUT2D eigenvalue weighted by Gasteiger charge is 2.69. The van der Waals surface area contributed by atoms with Gasteiger partial charge in [0, 0.05) is 16.0 Å². The van der Waals surface area contributed by atoms with Crippen LogP contribution in [0.15, 0.2) is 35.4 Å². The second-order valence-electron chi connectivity index (χ2n) is 8.53. The van der Waals surface area contributed by atoms with Gasteiger partial charge in [-0.3, -0.25) is 19.3 Å². The third-order valence-corrected chi connectivity index (χ3v) is 10.2. The topological polar surface area (TPSA) is 90.5 Å². The molecule has 2 saturated carbocycles. The number of aliphatic carboxylic acids is 1. The largest absolute Gasteiger partial charge is 0.480 e. The Morgan fingerprint density at radius 1 is 1.17 bits per heavy atom. The molecule has 2 aliphatic heterocycles. The second kappa shape index (κ2) is 6.51. The number of hydrogen-bond donors (Lipinski definition) is 2. The van der Waals surface area contributed by atoms with E-state index in [1.54, 1.807) is 23.1 Å². The number of amides is 2. The number of carboxylic acids is 1. The Balaban J connectivity index is 1.45. The van der Waals surface area contributed by atoms with Gasteiger partial charge in [-0.1, -0.05) is 30.3 Å². The molecule has 3 heterocycles. The van der Waals surface area contributed by atoms with Crippen molar-refractivity contribution >= 4 is 53.1 Å². The fraction of sp³-hybridized carbons (Fsp3) is 0.429. The smallest absolute Gasteiger partial charge is 0.323 e. The maximum Gasteiger partial charge on any atom is 0.323 e. The molecule has 3 fully saturated rings. The Kier molecular flexibility index (Phi) is 4.08. The van der Waals surface area contributed by atoms with Gasteiger partial charge in [0.25, 0.3) is 0 Å². The minimum atomic E-state index is -1.15. The molecule has 9 heteroatoms. The van der Waals surface area contributed by atoms with Crippen LogP contribution in [0.1, 0.15) is 22.8 Å². The molecule has 1 aromatic carbocycles. The van der Waals surface area contributed by atoms with Gasteiger partial charge in [0.05, 0.1) is 16.9 Å². The number of hydrogen-bond acceptors (Lipinski definition) is 6. The lowest BCUT2D eigenvalue weighted by atomic mass is 9.68. The Morgan fingerprint density at radius 2 is 1.87 bits per heavy atom. The molecule has 154 valence electrons. The molecule has 2 N–H and O–H groups in total. The van der Waals surface area contributed by atoms with E-state index in [1.165, 1.54) is 10.4 Å². The normalized spacial score (nSPS) is 36.0. The summed E-state index contributed by atoms with van der Waals surface area (Å²) in [7, 11) is 0. The Bertz CT molecular complexity index is 1140. The summed E-state index contributed by atoms with van der Waals surface area (Å²) in [6.07, 6.45) is 0.856. The van der Waals surface area contributed by atoms with E-state index in [9.17, 15) is 19.5 Å². The summed E-state index contributed by atoms with van der Waals surface area (Å²) in [5, 5.41) is 10.5. The number of imide groups is 1. The maximum absolute atomic E-state index is 13.1. The molecule has 1 aromatic heterocycles. The first kappa shape index (κ1) is 18.8. The molecule has 1 saturated heterocycles. The molecule has 0 spiro atoms. The average Bonchev–Trinajstić information content (AvgIpc) is 3.44. The predicted molar refractivity (Wildman–Crippen MR) is 114 cm³/mol. The van der Waals surface area contributed by atoms with Gasteiger partial charge in [-0.05, 0) is 42.0 Å². The summed E-state index contributed by atoms with van der Waals surface area (Å²) in [6.45, 7) is -0.533. The number of fused-ring (bicyclic) bond motifs is 9. The number of carbonyl (C=O) groups is 3. The fourth-order valence-corrected chi connectivity index (χ4v) is 9.74. The number of likely N-dealkylation sites (tertiary alicyclic amines) is 1. The number of benzene rings is 1. The SMILES string of the molecule is O=C(O)CN1C(=O)C2C3CC(C2C1=O)C1C(c2ccccc2)c2sc(=S)[nH]c2SC31. The third-order valence-electron chi connectivity index (χ3n) is 7.27. The van der Waals surface area contributed by atoms with Crippen LogP contribution in [-0.4, -0.2) is 44.6 Å². The van der Waals surface area contributed by atoms with E-state index in [2.05, 4.69) is 17.1 Å². The van der Waals surface area contributed by atoms with Crippen LogP contribution in [0.4, 0.5) is 0 Å². The Morgan fingerprint density at radius 3 is 2.57 bits per heavy atom. The van der Waals surface area contributed by atoms with Crippen molar-refractivity contribution in [3.8, 4) is 0 Å². The van der Waals surface area contributed by atoms with Crippen molar-refractivity contribution < 1.29 is 19.5 Å². The van der Waals surface area contributed by atoms with Crippen molar-refractivity contribution in [2.75, 3.05) is 6.54 Å². The maximum atomic E-state index is 13.1. The lowest BCUT2D eigenvalue weighted by Crippen LogP contribution is -2.42. The number of thiazole rings is 1. The van der Waals surface area contributed by atoms with E-state index in [0.717, 1.165) is 20.3 Å². The second-order valence-corrected chi connectivity index (χ2v) is 11.4.